The van der Waals surface area contributed by atoms with Gasteiger partial charge in [0.2, 0.25) is 0 Å². The van der Waals surface area contributed by atoms with Crippen LogP contribution in [0.2, 0.25) is 0 Å². The van der Waals surface area contributed by atoms with E-state index in [1.54, 1.807) is 6.20 Å². The molecule has 6 heteroatoms. The van der Waals surface area contributed by atoms with Crippen LogP contribution in [0.3, 0.4) is 0 Å². The second kappa shape index (κ2) is 6.30. The lowest BCUT2D eigenvalue weighted by molar-refractivity contribution is 0.330. The predicted octanol–water partition coefficient (Wildman–Crippen LogP) is 4.09. The van der Waals surface area contributed by atoms with Crippen LogP contribution in [0.25, 0.3) is 10.9 Å². The van der Waals surface area contributed by atoms with E-state index in [-0.39, 0.29) is 6.04 Å². The van der Waals surface area contributed by atoms with E-state index in [1.165, 1.54) is 23.3 Å². The Kier molecular flexibility index (Phi) is 3.77. The van der Waals surface area contributed by atoms with E-state index < -0.39 is 11.6 Å². The Hall–Kier alpha value is -3.02. The van der Waals surface area contributed by atoms with Crippen molar-refractivity contribution in [2.24, 2.45) is 0 Å². The molecule has 1 aliphatic rings. The van der Waals surface area contributed by atoms with E-state index in [0.29, 0.717) is 12.0 Å². The first-order chi connectivity index (χ1) is 13.2. The summed E-state index contributed by atoms with van der Waals surface area (Å²) in [4.78, 5) is 0. The van der Waals surface area contributed by atoms with Gasteiger partial charge in [-0.3, -0.25) is 0 Å². The molecule has 0 saturated carbocycles. The molecule has 0 aliphatic carbocycles. The van der Waals surface area contributed by atoms with E-state index in [1.807, 2.05) is 16.8 Å². The fraction of sp³-hybridized carbons (Fsp3) is 0.238. The second-order valence-electron chi connectivity index (χ2n) is 6.97. The number of benzene rings is 2. The fourth-order valence-corrected chi connectivity index (χ4v) is 3.95. The minimum atomic E-state index is -0.571. The third-order valence-corrected chi connectivity index (χ3v) is 5.29. The van der Waals surface area contributed by atoms with Crippen LogP contribution in [0, 0.1) is 17.7 Å². The first kappa shape index (κ1) is 16.2. The highest BCUT2D eigenvalue weighted by Gasteiger charge is 2.24. The number of para-hydroxylation sites is 1. The normalized spacial score (nSPS) is 16.6. The van der Waals surface area contributed by atoms with Gasteiger partial charge in [-0.05, 0) is 30.5 Å². The highest BCUT2D eigenvalue weighted by molar-refractivity contribution is 5.80. The van der Waals surface area contributed by atoms with Gasteiger partial charge >= 0.3 is 0 Å². The number of rotatable bonds is 3. The van der Waals surface area contributed by atoms with Crippen molar-refractivity contribution in [1.82, 2.24) is 19.6 Å². The molecule has 3 heterocycles. The summed E-state index contributed by atoms with van der Waals surface area (Å²) in [7, 11) is 0. The highest BCUT2D eigenvalue weighted by atomic mass is 19.1. The molecular formula is C21H17F2N4. The van der Waals surface area contributed by atoms with Gasteiger partial charge in [-0.25, -0.2) is 13.5 Å². The summed E-state index contributed by atoms with van der Waals surface area (Å²) in [5, 5.41) is 9.44. The summed E-state index contributed by atoms with van der Waals surface area (Å²) in [6.45, 7) is 0.779. The zero-order valence-electron chi connectivity index (χ0n) is 14.6. The SMILES string of the molecule is Fc1ccc(Cc2cnnn2C2CCc3[c]c4ccccc4n3C2)c(F)c1. The summed E-state index contributed by atoms with van der Waals surface area (Å²) in [6, 6.07) is 15.5. The average molecular weight is 363 g/mol. The Morgan fingerprint density at radius 2 is 2.04 bits per heavy atom. The highest BCUT2D eigenvalue weighted by Crippen LogP contribution is 2.30. The number of nitrogens with zero attached hydrogens (tertiary/aromatic N) is 4. The van der Waals surface area contributed by atoms with Crippen LogP contribution >= 0.6 is 0 Å². The Morgan fingerprint density at radius 1 is 1.15 bits per heavy atom. The molecule has 27 heavy (non-hydrogen) atoms. The topological polar surface area (TPSA) is 35.6 Å². The van der Waals surface area contributed by atoms with E-state index in [2.05, 4.69) is 33.1 Å². The van der Waals surface area contributed by atoms with Crippen molar-refractivity contribution >= 4 is 10.9 Å². The summed E-state index contributed by atoms with van der Waals surface area (Å²) in [5.74, 6) is -1.11. The van der Waals surface area contributed by atoms with Gasteiger partial charge in [0.25, 0.3) is 0 Å². The van der Waals surface area contributed by atoms with Gasteiger partial charge < -0.3 is 4.57 Å². The van der Waals surface area contributed by atoms with Crippen molar-refractivity contribution in [2.45, 2.75) is 31.8 Å². The van der Waals surface area contributed by atoms with Crippen LogP contribution in [-0.4, -0.2) is 19.6 Å². The first-order valence-corrected chi connectivity index (χ1v) is 9.01. The van der Waals surface area contributed by atoms with Crippen LogP contribution in [-0.2, 0) is 19.4 Å². The van der Waals surface area contributed by atoms with Gasteiger partial charge in [-0.2, -0.15) is 0 Å². The molecule has 1 aliphatic heterocycles. The molecule has 2 aromatic heterocycles. The monoisotopic (exact) mass is 363 g/mol. The number of hydrogen-bond acceptors (Lipinski definition) is 2. The molecule has 1 radical (unpaired) electrons. The molecule has 135 valence electrons. The lowest BCUT2D eigenvalue weighted by atomic mass is 10.0. The molecule has 2 aromatic carbocycles. The predicted molar refractivity (Wildman–Crippen MR) is 97.3 cm³/mol. The zero-order valence-corrected chi connectivity index (χ0v) is 14.6. The molecule has 0 saturated heterocycles. The van der Waals surface area contributed by atoms with Gasteiger partial charge in [0.1, 0.15) is 11.6 Å². The zero-order chi connectivity index (χ0) is 18.4. The van der Waals surface area contributed by atoms with Gasteiger partial charge in [0.15, 0.2) is 0 Å². The largest absolute Gasteiger partial charge is 0.342 e. The van der Waals surface area contributed by atoms with Gasteiger partial charge in [-0.15, -0.1) is 5.10 Å². The van der Waals surface area contributed by atoms with Crippen molar-refractivity contribution in [3.63, 3.8) is 0 Å². The van der Waals surface area contributed by atoms with Crippen LogP contribution < -0.4 is 0 Å². The minimum absolute atomic E-state index is 0.141. The van der Waals surface area contributed by atoms with Gasteiger partial charge in [0.05, 0.1) is 17.9 Å². The smallest absolute Gasteiger partial charge is 0.129 e. The number of halogens is 2. The molecule has 4 aromatic rings. The van der Waals surface area contributed by atoms with Gasteiger partial charge in [-0.1, -0.05) is 29.5 Å². The van der Waals surface area contributed by atoms with E-state index >= 15 is 0 Å². The Balaban J connectivity index is 1.46. The Bertz CT molecular complexity index is 1130. The van der Waals surface area contributed by atoms with Crippen LogP contribution in [0.1, 0.15) is 29.4 Å². The molecule has 1 atom stereocenters. The summed E-state index contributed by atoms with van der Waals surface area (Å²) in [5.41, 5.74) is 3.65. The maximum Gasteiger partial charge on any atom is 0.129 e. The maximum atomic E-state index is 14.0. The summed E-state index contributed by atoms with van der Waals surface area (Å²) < 4.78 is 31.4. The van der Waals surface area contributed by atoms with Gasteiger partial charge in [0, 0.05) is 41.7 Å². The maximum absolute atomic E-state index is 14.0. The number of fused-ring (bicyclic) bond motifs is 3. The molecule has 0 N–H and O–H groups in total. The molecule has 0 amide bonds. The minimum Gasteiger partial charge on any atom is -0.342 e. The van der Waals surface area contributed by atoms with Crippen molar-refractivity contribution < 1.29 is 8.78 Å². The van der Waals surface area contributed by atoms with Crippen molar-refractivity contribution in [2.75, 3.05) is 0 Å². The molecular weight excluding hydrogens is 346 g/mol. The third-order valence-electron chi connectivity index (χ3n) is 5.29. The summed E-state index contributed by atoms with van der Waals surface area (Å²) in [6.07, 6.45) is 3.83. The standard InChI is InChI=1S/C21H17F2N4/c22-16-6-5-14(20(23)11-16)9-19-12-24-25-27(19)18-8-7-17-10-15-3-1-2-4-21(15)26(17)13-18/h1-6,11-12,18H,7-9,13H2. The molecule has 0 bridgehead atoms. The van der Waals surface area contributed by atoms with Crippen molar-refractivity contribution in [1.29, 1.82) is 0 Å². The van der Waals surface area contributed by atoms with Crippen molar-refractivity contribution in [3.8, 4) is 0 Å². The van der Waals surface area contributed by atoms with Crippen LogP contribution in [0.5, 0.6) is 0 Å². The van der Waals surface area contributed by atoms with E-state index in [4.69, 9.17) is 0 Å². The summed E-state index contributed by atoms with van der Waals surface area (Å²) >= 11 is 0. The third kappa shape index (κ3) is 2.81. The van der Waals surface area contributed by atoms with Crippen molar-refractivity contribution in [3.05, 3.63) is 83.3 Å². The van der Waals surface area contributed by atoms with Crippen LogP contribution in [0.15, 0.2) is 48.7 Å². The Morgan fingerprint density at radius 3 is 2.93 bits per heavy atom. The lowest BCUT2D eigenvalue weighted by Crippen LogP contribution is -2.25. The number of aromatic nitrogens is 4. The molecule has 5 rings (SSSR count). The molecule has 4 nitrogen and oxygen atoms in total. The lowest BCUT2D eigenvalue weighted by Gasteiger charge is -2.26. The molecule has 0 fully saturated rings. The quantitative estimate of drug-likeness (QED) is 0.550. The fourth-order valence-electron chi connectivity index (χ4n) is 3.95. The average Bonchev–Trinajstić information content (AvgIpc) is 3.27. The molecule has 1 unspecified atom stereocenters. The van der Waals surface area contributed by atoms with E-state index in [9.17, 15) is 8.78 Å². The Labute approximate surface area is 155 Å². The number of aryl methyl sites for hydroxylation is 1. The second-order valence-corrected chi connectivity index (χ2v) is 6.97. The molecule has 0 spiro atoms. The van der Waals surface area contributed by atoms with E-state index in [0.717, 1.165) is 36.5 Å². The first-order valence-electron chi connectivity index (χ1n) is 9.01. The number of hydrogen-bond donors (Lipinski definition) is 0. The van der Waals surface area contributed by atoms with Crippen LogP contribution in [0.4, 0.5) is 8.78 Å².